The smallest absolute Gasteiger partial charge is 0.257 e. The zero-order valence-corrected chi connectivity index (χ0v) is 14.1. The van der Waals surface area contributed by atoms with Crippen LogP contribution in [0.2, 0.25) is 0 Å². The van der Waals surface area contributed by atoms with Crippen LogP contribution in [0.4, 0.5) is 0 Å². The molecule has 0 fully saturated rings. The van der Waals surface area contributed by atoms with E-state index in [-0.39, 0.29) is 23.7 Å². The van der Waals surface area contributed by atoms with Crippen LogP contribution in [-0.2, 0) is 0 Å². The molecule has 0 aliphatic carbocycles. The summed E-state index contributed by atoms with van der Waals surface area (Å²) in [7, 11) is 4.87. The van der Waals surface area contributed by atoms with Crippen LogP contribution in [0.5, 0.6) is 11.5 Å². The van der Waals surface area contributed by atoms with Crippen molar-refractivity contribution < 1.29 is 14.3 Å². The molecule has 0 heterocycles. The van der Waals surface area contributed by atoms with Crippen LogP contribution in [0, 0.1) is 5.41 Å². The number of amides is 1. The Morgan fingerprint density at radius 1 is 1.29 bits per heavy atom. The van der Waals surface area contributed by atoms with Gasteiger partial charge in [-0.15, -0.1) is 12.4 Å². The van der Waals surface area contributed by atoms with Crippen molar-refractivity contribution in [3.63, 3.8) is 0 Å². The second-order valence-corrected chi connectivity index (χ2v) is 5.60. The molecule has 0 saturated carbocycles. The maximum Gasteiger partial charge on any atom is 0.257 e. The van der Waals surface area contributed by atoms with Gasteiger partial charge in [0.25, 0.3) is 5.91 Å². The Labute approximate surface area is 132 Å². The van der Waals surface area contributed by atoms with E-state index in [0.29, 0.717) is 30.2 Å². The molecule has 2 N–H and O–H groups in total. The molecule has 120 valence electrons. The van der Waals surface area contributed by atoms with Gasteiger partial charge in [-0.25, -0.2) is 0 Å². The van der Waals surface area contributed by atoms with E-state index in [2.05, 4.69) is 0 Å². The SMILES string of the molecule is COc1ccc(OC)c(C(=O)N(C)CC(C)(C)CN)c1.Cl. The number of nitrogens with two attached hydrogens (primary N) is 1. The fraction of sp³-hybridized carbons (Fsp3) is 0.533. The molecule has 0 aliphatic rings. The molecule has 0 aromatic heterocycles. The Bertz CT molecular complexity index is 478. The van der Waals surface area contributed by atoms with Crippen molar-refractivity contribution in [3.05, 3.63) is 23.8 Å². The number of methoxy groups -OCH3 is 2. The molecule has 6 heteroatoms. The fourth-order valence-electron chi connectivity index (χ4n) is 1.97. The van der Waals surface area contributed by atoms with Crippen LogP contribution in [0.25, 0.3) is 0 Å². The second kappa shape index (κ2) is 8.10. The van der Waals surface area contributed by atoms with Crippen molar-refractivity contribution in [2.75, 3.05) is 34.4 Å². The molecule has 1 aromatic rings. The van der Waals surface area contributed by atoms with E-state index < -0.39 is 0 Å². The van der Waals surface area contributed by atoms with Gasteiger partial charge in [0.2, 0.25) is 0 Å². The summed E-state index contributed by atoms with van der Waals surface area (Å²) in [6, 6.07) is 5.18. The molecule has 1 rings (SSSR count). The van der Waals surface area contributed by atoms with E-state index in [9.17, 15) is 4.79 Å². The van der Waals surface area contributed by atoms with Crippen LogP contribution in [0.3, 0.4) is 0 Å². The van der Waals surface area contributed by atoms with Crippen molar-refractivity contribution in [3.8, 4) is 11.5 Å². The number of hydrogen-bond acceptors (Lipinski definition) is 4. The maximum atomic E-state index is 12.5. The molecule has 21 heavy (non-hydrogen) atoms. The molecule has 0 radical (unpaired) electrons. The summed E-state index contributed by atoms with van der Waals surface area (Å²) in [5, 5.41) is 0. The van der Waals surface area contributed by atoms with Crippen LogP contribution < -0.4 is 15.2 Å². The van der Waals surface area contributed by atoms with Crippen LogP contribution >= 0.6 is 12.4 Å². The van der Waals surface area contributed by atoms with Gasteiger partial charge in [-0.05, 0) is 30.2 Å². The highest BCUT2D eigenvalue weighted by atomic mass is 35.5. The molecular weight excluding hydrogens is 292 g/mol. The molecule has 0 spiro atoms. The highest BCUT2D eigenvalue weighted by Gasteiger charge is 2.24. The number of benzene rings is 1. The highest BCUT2D eigenvalue weighted by molar-refractivity contribution is 5.97. The van der Waals surface area contributed by atoms with E-state index in [1.54, 1.807) is 44.4 Å². The largest absolute Gasteiger partial charge is 0.497 e. The Balaban J connectivity index is 0.00000400. The number of hydrogen-bond donors (Lipinski definition) is 1. The van der Waals surface area contributed by atoms with Gasteiger partial charge in [-0.2, -0.15) is 0 Å². The quantitative estimate of drug-likeness (QED) is 0.873. The lowest BCUT2D eigenvalue weighted by Crippen LogP contribution is -2.39. The first-order valence-corrected chi connectivity index (χ1v) is 6.52. The first kappa shape index (κ1) is 19.5. The van der Waals surface area contributed by atoms with Gasteiger partial charge in [-0.3, -0.25) is 4.79 Å². The number of carbonyl (C=O) groups excluding carboxylic acids is 1. The number of nitrogens with zero attached hydrogens (tertiary/aromatic N) is 1. The number of carbonyl (C=O) groups is 1. The minimum atomic E-state index is -0.128. The van der Waals surface area contributed by atoms with E-state index in [1.165, 1.54) is 0 Å². The van der Waals surface area contributed by atoms with Gasteiger partial charge in [-0.1, -0.05) is 13.8 Å². The lowest BCUT2D eigenvalue weighted by Gasteiger charge is -2.29. The third-order valence-electron chi connectivity index (χ3n) is 3.20. The van der Waals surface area contributed by atoms with Gasteiger partial charge in [0.1, 0.15) is 11.5 Å². The number of ether oxygens (including phenoxy) is 2. The van der Waals surface area contributed by atoms with Gasteiger partial charge in [0, 0.05) is 13.6 Å². The average Bonchev–Trinajstić information content (AvgIpc) is 2.45. The molecule has 0 atom stereocenters. The van der Waals surface area contributed by atoms with Gasteiger partial charge in [0.05, 0.1) is 19.8 Å². The van der Waals surface area contributed by atoms with Crippen LogP contribution in [0.1, 0.15) is 24.2 Å². The number of halogens is 1. The Morgan fingerprint density at radius 2 is 1.90 bits per heavy atom. The predicted octanol–water partition coefficient (Wildman–Crippen LogP) is 2.18. The Morgan fingerprint density at radius 3 is 2.38 bits per heavy atom. The zero-order valence-electron chi connectivity index (χ0n) is 13.3. The van der Waals surface area contributed by atoms with Crippen molar-refractivity contribution in [2.45, 2.75) is 13.8 Å². The summed E-state index contributed by atoms with van der Waals surface area (Å²) in [4.78, 5) is 14.2. The van der Waals surface area contributed by atoms with E-state index in [0.717, 1.165) is 0 Å². The summed E-state index contributed by atoms with van der Waals surface area (Å²) in [6.07, 6.45) is 0. The van der Waals surface area contributed by atoms with Crippen molar-refractivity contribution in [1.29, 1.82) is 0 Å². The lowest BCUT2D eigenvalue weighted by molar-refractivity contribution is 0.0737. The van der Waals surface area contributed by atoms with Crippen molar-refractivity contribution in [2.24, 2.45) is 11.1 Å². The van der Waals surface area contributed by atoms with E-state index >= 15 is 0 Å². The molecule has 0 bridgehead atoms. The summed E-state index contributed by atoms with van der Waals surface area (Å²) in [6.45, 7) is 5.14. The summed E-state index contributed by atoms with van der Waals surface area (Å²) < 4.78 is 10.4. The average molecular weight is 317 g/mol. The third-order valence-corrected chi connectivity index (χ3v) is 3.20. The van der Waals surface area contributed by atoms with Gasteiger partial charge in [0.15, 0.2) is 0 Å². The van der Waals surface area contributed by atoms with Gasteiger partial charge < -0.3 is 20.1 Å². The molecule has 5 nitrogen and oxygen atoms in total. The standard InChI is InChI=1S/C15H24N2O3.ClH/c1-15(2,9-16)10-17(3)14(18)12-8-11(19-4)6-7-13(12)20-5;/h6-8H,9-10,16H2,1-5H3;1H. The maximum absolute atomic E-state index is 12.5. The minimum Gasteiger partial charge on any atom is -0.497 e. The molecule has 1 amide bonds. The number of rotatable bonds is 6. The summed E-state index contributed by atoms with van der Waals surface area (Å²) in [5.74, 6) is 1.05. The molecular formula is C15H25ClN2O3. The molecule has 0 saturated heterocycles. The first-order valence-electron chi connectivity index (χ1n) is 6.52. The molecule has 0 aliphatic heterocycles. The first-order chi connectivity index (χ1) is 9.34. The van der Waals surface area contributed by atoms with Gasteiger partial charge >= 0.3 is 0 Å². The predicted molar refractivity (Wildman–Crippen MR) is 86.6 cm³/mol. The Hall–Kier alpha value is -1.46. The second-order valence-electron chi connectivity index (χ2n) is 5.60. The highest BCUT2D eigenvalue weighted by Crippen LogP contribution is 2.26. The molecule has 1 aromatic carbocycles. The van der Waals surface area contributed by atoms with E-state index in [1.807, 2.05) is 13.8 Å². The normalized spacial score (nSPS) is 10.6. The van der Waals surface area contributed by atoms with Crippen molar-refractivity contribution >= 4 is 18.3 Å². The third kappa shape index (κ3) is 5.10. The topological polar surface area (TPSA) is 64.8 Å². The monoisotopic (exact) mass is 316 g/mol. The Kier molecular flexibility index (Phi) is 7.53. The van der Waals surface area contributed by atoms with Crippen molar-refractivity contribution in [1.82, 2.24) is 4.90 Å². The van der Waals surface area contributed by atoms with Crippen LogP contribution in [-0.4, -0.2) is 45.2 Å². The lowest BCUT2D eigenvalue weighted by atomic mass is 9.93. The minimum absolute atomic E-state index is 0. The fourth-order valence-corrected chi connectivity index (χ4v) is 1.97. The van der Waals surface area contributed by atoms with E-state index in [4.69, 9.17) is 15.2 Å². The summed E-state index contributed by atoms with van der Waals surface area (Å²) >= 11 is 0. The molecule has 0 unspecified atom stereocenters. The van der Waals surface area contributed by atoms with Crippen LogP contribution in [0.15, 0.2) is 18.2 Å². The summed E-state index contributed by atoms with van der Waals surface area (Å²) in [5.41, 5.74) is 6.07. The zero-order chi connectivity index (χ0) is 15.3.